The molecule has 3 heterocycles. The Kier molecular flexibility index (Phi) is 7.56. The molecular formula is C29H33N3O7. The predicted octanol–water partition coefficient (Wildman–Crippen LogP) is 1.97. The lowest BCUT2D eigenvalue weighted by Crippen LogP contribution is -2.48. The van der Waals surface area contributed by atoms with Gasteiger partial charge in [0.05, 0.1) is 31.2 Å². The summed E-state index contributed by atoms with van der Waals surface area (Å²) < 4.78 is 11.2. The molecule has 2 aromatic carbocycles. The average Bonchev–Trinajstić information content (AvgIpc) is 3.31. The number of carbonyl (C=O) groups excluding carboxylic acids is 4. The van der Waals surface area contributed by atoms with Crippen LogP contribution < -0.4 is 20.3 Å². The zero-order valence-corrected chi connectivity index (χ0v) is 22.0. The molecule has 3 N–H and O–H groups in total. The summed E-state index contributed by atoms with van der Waals surface area (Å²) in [5.41, 5.74) is 1.73. The largest absolute Gasteiger partial charge is 0.493 e. The van der Waals surface area contributed by atoms with Crippen molar-refractivity contribution in [1.82, 2.24) is 10.6 Å². The Balaban J connectivity index is 1.60. The summed E-state index contributed by atoms with van der Waals surface area (Å²) >= 11 is 0. The van der Waals surface area contributed by atoms with Crippen LogP contribution in [0.25, 0.3) is 0 Å². The van der Waals surface area contributed by atoms with Crippen molar-refractivity contribution in [3.63, 3.8) is 0 Å². The molecule has 2 saturated heterocycles. The lowest BCUT2D eigenvalue weighted by molar-refractivity contribution is -0.152. The highest BCUT2D eigenvalue weighted by atomic mass is 16.5. The number of nitrogens with one attached hydrogen (secondary N) is 2. The maximum atomic E-state index is 13.9. The maximum Gasteiger partial charge on any atom is 0.309 e. The summed E-state index contributed by atoms with van der Waals surface area (Å²) in [6.45, 7) is 4.02. The zero-order chi connectivity index (χ0) is 27.7. The van der Waals surface area contributed by atoms with Crippen LogP contribution >= 0.6 is 0 Å². The Morgan fingerprint density at radius 2 is 1.92 bits per heavy atom. The van der Waals surface area contributed by atoms with E-state index in [1.165, 1.54) is 0 Å². The van der Waals surface area contributed by atoms with Crippen LogP contribution in [0.4, 0.5) is 5.69 Å². The second kappa shape index (κ2) is 11.1. The van der Waals surface area contributed by atoms with Crippen LogP contribution in [0.15, 0.2) is 48.5 Å². The molecule has 0 aromatic heterocycles. The molecule has 5 rings (SSSR count). The second-order valence-electron chi connectivity index (χ2n) is 10.2. The topological polar surface area (TPSA) is 134 Å². The van der Waals surface area contributed by atoms with Gasteiger partial charge in [-0.25, -0.2) is 0 Å². The number of aliphatic hydroxyl groups excluding tert-OH is 1. The summed E-state index contributed by atoms with van der Waals surface area (Å²) in [7, 11) is 0. The number of esters is 1. The molecule has 10 heteroatoms. The fourth-order valence-electron chi connectivity index (χ4n) is 6.22. The predicted molar refractivity (Wildman–Crippen MR) is 141 cm³/mol. The van der Waals surface area contributed by atoms with E-state index in [9.17, 15) is 19.2 Å². The van der Waals surface area contributed by atoms with Crippen molar-refractivity contribution in [2.75, 3.05) is 24.7 Å². The van der Waals surface area contributed by atoms with Crippen molar-refractivity contribution in [2.45, 2.75) is 44.8 Å². The van der Waals surface area contributed by atoms with Crippen LogP contribution in [0.3, 0.4) is 0 Å². The minimum Gasteiger partial charge on any atom is -0.493 e. The van der Waals surface area contributed by atoms with E-state index in [1.807, 2.05) is 13.0 Å². The smallest absolute Gasteiger partial charge is 0.309 e. The fourth-order valence-corrected chi connectivity index (χ4v) is 6.22. The number of fused-ring (bicyclic) bond motifs is 5. The van der Waals surface area contributed by atoms with E-state index in [2.05, 4.69) is 10.6 Å². The second-order valence-corrected chi connectivity index (χ2v) is 10.2. The van der Waals surface area contributed by atoms with Crippen molar-refractivity contribution in [2.24, 2.45) is 17.8 Å². The van der Waals surface area contributed by atoms with Gasteiger partial charge in [0.2, 0.25) is 11.8 Å². The number of nitrogens with zero attached hydrogens (tertiary/aromatic N) is 1. The molecule has 0 bridgehead atoms. The number of hydrogen-bond acceptors (Lipinski definition) is 7. The van der Waals surface area contributed by atoms with Crippen molar-refractivity contribution in [3.05, 3.63) is 59.7 Å². The van der Waals surface area contributed by atoms with Crippen LogP contribution in [0.5, 0.6) is 5.75 Å². The molecular weight excluding hydrogens is 502 g/mol. The normalized spacial score (nSPS) is 27.1. The summed E-state index contributed by atoms with van der Waals surface area (Å²) in [5, 5.41) is 15.1. The number of carbonyl (C=O) groups is 4. The maximum absolute atomic E-state index is 13.9. The highest BCUT2D eigenvalue weighted by molar-refractivity contribution is 6.06. The van der Waals surface area contributed by atoms with Crippen molar-refractivity contribution in [1.29, 1.82) is 0 Å². The van der Waals surface area contributed by atoms with E-state index in [0.29, 0.717) is 35.6 Å². The molecule has 2 aromatic rings. The Labute approximate surface area is 226 Å². The first kappa shape index (κ1) is 26.7. The van der Waals surface area contributed by atoms with E-state index >= 15 is 0 Å². The van der Waals surface area contributed by atoms with E-state index in [0.717, 1.165) is 0 Å². The van der Waals surface area contributed by atoms with Crippen molar-refractivity contribution in [3.8, 4) is 5.75 Å². The van der Waals surface area contributed by atoms with Gasteiger partial charge in [-0.2, -0.15) is 0 Å². The lowest BCUT2D eigenvalue weighted by Gasteiger charge is -2.33. The molecule has 3 aliphatic rings. The van der Waals surface area contributed by atoms with Gasteiger partial charge in [0.1, 0.15) is 11.8 Å². The van der Waals surface area contributed by atoms with Crippen LogP contribution in [-0.4, -0.2) is 60.7 Å². The molecule has 0 spiro atoms. The first-order valence-corrected chi connectivity index (χ1v) is 13.4. The molecule has 0 radical (unpaired) electrons. The number of aliphatic hydroxyl groups is 1. The summed E-state index contributed by atoms with van der Waals surface area (Å²) in [6, 6.07) is 11.8. The standard InChI is InChI=1S/C29H33N3O7/c1-3-38-29(37)22-16(2)14-21(34)30-25-23(22)26-24(31-27(35)17-8-5-4-6-9-17)19-15-18(39-13-7-12-33)10-11-20(19)32(26)28(25)36/h4-6,8-11,15-16,22-26,33H,3,7,12-14H2,1-2H3,(H,30,34)(H,31,35)/t16?,22?,23-,24+,25-,26-/m1/s1. The molecule has 10 nitrogen and oxygen atoms in total. The Hall–Kier alpha value is -3.92. The van der Waals surface area contributed by atoms with Crippen molar-refractivity contribution < 1.29 is 33.8 Å². The molecule has 0 saturated carbocycles. The van der Waals surface area contributed by atoms with Gasteiger partial charge in [0.15, 0.2) is 0 Å². The van der Waals surface area contributed by atoms with Gasteiger partial charge in [-0.05, 0) is 43.2 Å². The SMILES string of the molecule is CCOC(=O)C1C(C)CC(=O)N[C@H]2C(=O)N3c4ccc(OCCCO)cc4[C@H](NC(=O)c4ccccc4)[C@H]3[C@H]12. The minimum atomic E-state index is -0.924. The highest BCUT2D eigenvalue weighted by Gasteiger charge is 2.62. The molecule has 2 unspecified atom stereocenters. The Morgan fingerprint density at radius 1 is 1.15 bits per heavy atom. The van der Waals surface area contributed by atoms with E-state index < -0.39 is 35.9 Å². The first-order chi connectivity index (χ1) is 18.8. The minimum absolute atomic E-state index is 0.00667. The third-order valence-electron chi connectivity index (χ3n) is 7.82. The van der Waals surface area contributed by atoms with Gasteiger partial charge in [0, 0.05) is 42.2 Å². The first-order valence-electron chi connectivity index (χ1n) is 13.4. The summed E-state index contributed by atoms with van der Waals surface area (Å²) in [5.74, 6) is -2.61. The third kappa shape index (κ3) is 4.85. The molecule has 39 heavy (non-hydrogen) atoms. The number of benzene rings is 2. The quantitative estimate of drug-likeness (QED) is 0.348. The van der Waals surface area contributed by atoms with Crippen molar-refractivity contribution >= 4 is 29.4 Å². The van der Waals surface area contributed by atoms with Crippen LogP contribution in [0.2, 0.25) is 0 Å². The Morgan fingerprint density at radius 3 is 2.64 bits per heavy atom. The van der Waals surface area contributed by atoms with Gasteiger partial charge in [-0.3, -0.25) is 19.2 Å². The van der Waals surface area contributed by atoms with Crippen LogP contribution in [-0.2, 0) is 19.1 Å². The van der Waals surface area contributed by atoms with E-state index in [-0.39, 0.29) is 43.3 Å². The third-order valence-corrected chi connectivity index (χ3v) is 7.82. The fraction of sp³-hybridized carbons (Fsp3) is 0.448. The summed E-state index contributed by atoms with van der Waals surface area (Å²) in [4.78, 5) is 55.0. The van der Waals surface area contributed by atoms with Gasteiger partial charge < -0.3 is 30.1 Å². The highest BCUT2D eigenvalue weighted by Crippen LogP contribution is 2.52. The number of amides is 3. The molecule has 3 aliphatic heterocycles. The number of ether oxygens (including phenoxy) is 2. The Bertz CT molecular complexity index is 1270. The number of hydrogen-bond donors (Lipinski definition) is 3. The van der Waals surface area contributed by atoms with E-state index in [1.54, 1.807) is 54.3 Å². The number of anilines is 1. The number of rotatable bonds is 8. The molecule has 2 fully saturated rings. The van der Waals surface area contributed by atoms with Crippen LogP contribution in [0.1, 0.15) is 48.7 Å². The van der Waals surface area contributed by atoms with E-state index in [4.69, 9.17) is 14.6 Å². The average molecular weight is 536 g/mol. The molecule has 6 atom stereocenters. The monoisotopic (exact) mass is 535 g/mol. The van der Waals surface area contributed by atoms with Gasteiger partial charge in [-0.1, -0.05) is 25.1 Å². The van der Waals surface area contributed by atoms with Crippen LogP contribution in [0, 0.1) is 17.8 Å². The van der Waals surface area contributed by atoms with Gasteiger partial charge in [-0.15, -0.1) is 0 Å². The van der Waals surface area contributed by atoms with Gasteiger partial charge in [0.25, 0.3) is 5.91 Å². The lowest BCUT2D eigenvalue weighted by atomic mass is 9.74. The molecule has 3 amide bonds. The molecule has 206 valence electrons. The zero-order valence-electron chi connectivity index (χ0n) is 22.0. The van der Waals surface area contributed by atoms with Gasteiger partial charge >= 0.3 is 5.97 Å². The molecule has 0 aliphatic carbocycles. The summed E-state index contributed by atoms with van der Waals surface area (Å²) in [6.07, 6.45) is 0.550.